The molecule has 0 saturated heterocycles. The molecule has 88 valence electrons. The van der Waals surface area contributed by atoms with Crippen molar-refractivity contribution in [3.63, 3.8) is 0 Å². The van der Waals surface area contributed by atoms with Gasteiger partial charge in [-0.25, -0.2) is 0 Å². The van der Waals surface area contributed by atoms with Crippen LogP contribution in [0.2, 0.25) is 0 Å². The SMILES string of the molecule is Brc1ccccc1CNc1ccc(I)cc1Br. The Kier molecular flexibility index (Phi) is 4.87. The van der Waals surface area contributed by atoms with E-state index < -0.39 is 0 Å². The second-order valence-electron chi connectivity index (χ2n) is 3.57. The van der Waals surface area contributed by atoms with Crippen LogP contribution in [0.5, 0.6) is 0 Å². The molecule has 0 spiro atoms. The molecular formula is C13H10Br2IN. The molecule has 17 heavy (non-hydrogen) atoms. The number of benzene rings is 2. The lowest BCUT2D eigenvalue weighted by atomic mass is 10.2. The van der Waals surface area contributed by atoms with Gasteiger partial charge in [0.05, 0.1) is 0 Å². The summed E-state index contributed by atoms with van der Waals surface area (Å²) in [6.07, 6.45) is 0. The van der Waals surface area contributed by atoms with Crippen molar-refractivity contribution < 1.29 is 0 Å². The molecule has 0 radical (unpaired) electrons. The fourth-order valence-electron chi connectivity index (χ4n) is 1.47. The number of halogens is 3. The van der Waals surface area contributed by atoms with E-state index in [1.165, 1.54) is 9.13 Å². The predicted molar refractivity (Wildman–Crippen MR) is 88.3 cm³/mol. The van der Waals surface area contributed by atoms with Crippen molar-refractivity contribution in [3.8, 4) is 0 Å². The summed E-state index contributed by atoms with van der Waals surface area (Å²) in [7, 11) is 0. The zero-order chi connectivity index (χ0) is 12.3. The van der Waals surface area contributed by atoms with Crippen molar-refractivity contribution in [2.24, 2.45) is 0 Å². The smallest absolute Gasteiger partial charge is 0.0488 e. The van der Waals surface area contributed by atoms with E-state index in [2.05, 4.69) is 90.1 Å². The minimum absolute atomic E-state index is 0.806. The van der Waals surface area contributed by atoms with Gasteiger partial charge in [-0.3, -0.25) is 0 Å². The molecule has 0 heterocycles. The number of nitrogens with one attached hydrogen (secondary N) is 1. The Bertz CT molecular complexity index is 529. The predicted octanol–water partition coefficient (Wildman–Crippen LogP) is 5.43. The lowest BCUT2D eigenvalue weighted by Gasteiger charge is -2.10. The minimum atomic E-state index is 0.806. The van der Waals surface area contributed by atoms with Gasteiger partial charge in [-0.15, -0.1) is 0 Å². The van der Waals surface area contributed by atoms with Crippen LogP contribution in [-0.2, 0) is 6.54 Å². The minimum Gasteiger partial charge on any atom is -0.380 e. The van der Waals surface area contributed by atoms with Crippen LogP contribution in [0.15, 0.2) is 51.4 Å². The molecule has 0 saturated carbocycles. The van der Waals surface area contributed by atoms with Crippen LogP contribution in [0.4, 0.5) is 5.69 Å². The second-order valence-corrected chi connectivity index (χ2v) is 6.52. The second kappa shape index (κ2) is 6.20. The monoisotopic (exact) mass is 465 g/mol. The van der Waals surface area contributed by atoms with E-state index in [4.69, 9.17) is 0 Å². The number of anilines is 1. The Morgan fingerprint density at radius 2 is 1.76 bits per heavy atom. The summed E-state index contributed by atoms with van der Waals surface area (Å²) in [6.45, 7) is 0.806. The van der Waals surface area contributed by atoms with Crippen molar-refractivity contribution in [2.75, 3.05) is 5.32 Å². The van der Waals surface area contributed by atoms with Crippen LogP contribution in [-0.4, -0.2) is 0 Å². The van der Waals surface area contributed by atoms with Gasteiger partial charge in [0.2, 0.25) is 0 Å². The molecule has 0 aromatic heterocycles. The van der Waals surface area contributed by atoms with E-state index in [9.17, 15) is 0 Å². The van der Waals surface area contributed by atoms with Gasteiger partial charge in [-0.1, -0.05) is 34.1 Å². The summed E-state index contributed by atoms with van der Waals surface area (Å²) in [5.74, 6) is 0. The summed E-state index contributed by atoms with van der Waals surface area (Å²) in [5.41, 5.74) is 2.36. The molecule has 0 aliphatic carbocycles. The highest BCUT2D eigenvalue weighted by Gasteiger charge is 2.02. The molecule has 1 nitrogen and oxygen atoms in total. The Labute approximate surface area is 131 Å². The van der Waals surface area contributed by atoms with Gasteiger partial charge in [0, 0.05) is 24.7 Å². The molecule has 2 rings (SSSR count). The van der Waals surface area contributed by atoms with Gasteiger partial charge in [0.25, 0.3) is 0 Å². The molecular weight excluding hydrogens is 457 g/mol. The van der Waals surface area contributed by atoms with Gasteiger partial charge in [-0.05, 0) is 68.3 Å². The lowest BCUT2D eigenvalue weighted by molar-refractivity contribution is 1.13. The Hall–Kier alpha value is -0.0700. The van der Waals surface area contributed by atoms with E-state index in [1.54, 1.807) is 0 Å². The van der Waals surface area contributed by atoms with Crippen LogP contribution in [0.1, 0.15) is 5.56 Å². The zero-order valence-electron chi connectivity index (χ0n) is 8.88. The average Bonchev–Trinajstić information content (AvgIpc) is 2.30. The fourth-order valence-corrected chi connectivity index (χ4v) is 3.33. The molecule has 2 aromatic carbocycles. The van der Waals surface area contributed by atoms with E-state index in [1.807, 2.05) is 12.1 Å². The fraction of sp³-hybridized carbons (Fsp3) is 0.0769. The standard InChI is InChI=1S/C13H10Br2IN/c14-11-4-2-1-3-9(11)8-17-13-6-5-10(16)7-12(13)15/h1-7,17H,8H2. The van der Waals surface area contributed by atoms with Crippen LogP contribution >= 0.6 is 54.5 Å². The van der Waals surface area contributed by atoms with Crippen molar-refractivity contribution in [2.45, 2.75) is 6.54 Å². The molecule has 0 atom stereocenters. The quantitative estimate of drug-likeness (QED) is 0.595. The molecule has 1 N–H and O–H groups in total. The largest absolute Gasteiger partial charge is 0.380 e. The van der Waals surface area contributed by atoms with Crippen molar-refractivity contribution in [3.05, 3.63) is 60.5 Å². The van der Waals surface area contributed by atoms with Crippen molar-refractivity contribution in [1.82, 2.24) is 0 Å². The highest BCUT2D eigenvalue weighted by Crippen LogP contribution is 2.25. The topological polar surface area (TPSA) is 12.0 Å². The van der Waals surface area contributed by atoms with E-state index in [-0.39, 0.29) is 0 Å². The maximum absolute atomic E-state index is 3.56. The summed E-state index contributed by atoms with van der Waals surface area (Å²) >= 11 is 9.41. The molecule has 0 aliphatic heterocycles. The van der Waals surface area contributed by atoms with Crippen molar-refractivity contribution >= 4 is 60.1 Å². The van der Waals surface area contributed by atoms with Gasteiger partial charge in [0.15, 0.2) is 0 Å². The highest BCUT2D eigenvalue weighted by molar-refractivity contribution is 14.1. The third-order valence-electron chi connectivity index (χ3n) is 2.36. The van der Waals surface area contributed by atoms with Crippen LogP contribution in [0.3, 0.4) is 0 Å². The van der Waals surface area contributed by atoms with Crippen LogP contribution in [0, 0.1) is 3.57 Å². The summed E-state index contributed by atoms with van der Waals surface area (Å²) in [5, 5.41) is 3.42. The normalized spacial score (nSPS) is 10.3. The van der Waals surface area contributed by atoms with Crippen LogP contribution in [0.25, 0.3) is 0 Å². The summed E-state index contributed by atoms with van der Waals surface area (Å²) in [6, 6.07) is 14.5. The zero-order valence-corrected chi connectivity index (χ0v) is 14.2. The first kappa shape index (κ1) is 13.4. The average molecular weight is 467 g/mol. The van der Waals surface area contributed by atoms with Crippen LogP contribution < -0.4 is 5.32 Å². The molecule has 0 aliphatic rings. The molecule has 0 bridgehead atoms. The molecule has 0 fully saturated rings. The molecule has 4 heteroatoms. The molecule has 0 amide bonds. The van der Waals surface area contributed by atoms with Gasteiger partial charge >= 0.3 is 0 Å². The first-order chi connectivity index (χ1) is 8.16. The first-order valence-corrected chi connectivity index (χ1v) is 7.75. The maximum Gasteiger partial charge on any atom is 0.0488 e. The lowest BCUT2D eigenvalue weighted by Crippen LogP contribution is -2.00. The van der Waals surface area contributed by atoms with Gasteiger partial charge in [-0.2, -0.15) is 0 Å². The van der Waals surface area contributed by atoms with Crippen molar-refractivity contribution in [1.29, 1.82) is 0 Å². The number of rotatable bonds is 3. The third-order valence-corrected chi connectivity index (χ3v) is 4.46. The Morgan fingerprint density at radius 1 is 1.00 bits per heavy atom. The number of hydrogen-bond acceptors (Lipinski definition) is 1. The third kappa shape index (κ3) is 3.69. The maximum atomic E-state index is 3.56. The number of hydrogen-bond donors (Lipinski definition) is 1. The molecule has 2 aromatic rings. The van der Waals surface area contributed by atoms with Gasteiger partial charge < -0.3 is 5.32 Å². The summed E-state index contributed by atoms with van der Waals surface area (Å²) < 4.78 is 3.45. The van der Waals surface area contributed by atoms with E-state index in [0.717, 1.165) is 21.2 Å². The van der Waals surface area contributed by atoms with E-state index in [0.29, 0.717) is 0 Å². The highest BCUT2D eigenvalue weighted by atomic mass is 127. The van der Waals surface area contributed by atoms with E-state index >= 15 is 0 Å². The molecule has 0 unspecified atom stereocenters. The first-order valence-electron chi connectivity index (χ1n) is 5.09. The summed E-state index contributed by atoms with van der Waals surface area (Å²) in [4.78, 5) is 0. The Balaban J connectivity index is 2.10. The Morgan fingerprint density at radius 3 is 2.47 bits per heavy atom. The van der Waals surface area contributed by atoms with Gasteiger partial charge in [0.1, 0.15) is 0 Å².